The van der Waals surface area contributed by atoms with Crippen LogP contribution in [0.4, 0.5) is 22.0 Å². The zero-order valence-corrected chi connectivity index (χ0v) is 21.1. The predicted molar refractivity (Wildman–Crippen MR) is 135 cm³/mol. The minimum Gasteiger partial charge on any atom is -0.372 e. The Kier molecular flexibility index (Phi) is 10.1. The fraction of sp³-hybridized carbons (Fsp3) is 0.321. The summed E-state index contributed by atoms with van der Waals surface area (Å²) in [6.07, 6.45) is 3.83. The lowest BCUT2D eigenvalue weighted by Gasteiger charge is -2.36. The van der Waals surface area contributed by atoms with E-state index in [9.17, 15) is 22.0 Å². The first-order valence-corrected chi connectivity index (χ1v) is 12.8. The number of nitrogens with zero attached hydrogens (tertiary/aromatic N) is 1. The summed E-state index contributed by atoms with van der Waals surface area (Å²) >= 11 is 0. The molecule has 1 aliphatic carbocycles. The maximum atomic E-state index is 13.8. The third kappa shape index (κ3) is 7.68. The number of halogens is 5. The van der Waals surface area contributed by atoms with E-state index in [1.807, 2.05) is 18.8 Å². The SMILES string of the molecule is CP.Fc1cc(F)cc(/C=C(\COCc2cccc(C(F)(F)F)c2)C(c2cccnc2)C2CCC2)c1. The summed E-state index contributed by atoms with van der Waals surface area (Å²) in [6, 6.07) is 12.1. The zero-order valence-electron chi connectivity index (χ0n) is 19.9. The summed E-state index contributed by atoms with van der Waals surface area (Å²) < 4.78 is 72.7. The van der Waals surface area contributed by atoms with Crippen LogP contribution in [0.2, 0.25) is 0 Å². The molecular formula is C28H29F5NOP. The summed E-state index contributed by atoms with van der Waals surface area (Å²) in [5.74, 6) is -1.12. The Balaban J connectivity index is 0.00000176. The Morgan fingerprint density at radius 1 is 1.06 bits per heavy atom. The molecule has 0 saturated heterocycles. The van der Waals surface area contributed by atoms with Crippen molar-refractivity contribution in [2.24, 2.45) is 5.92 Å². The van der Waals surface area contributed by atoms with Gasteiger partial charge in [0.25, 0.3) is 0 Å². The second kappa shape index (κ2) is 13.1. The van der Waals surface area contributed by atoms with Gasteiger partial charge in [0.05, 0.1) is 18.8 Å². The van der Waals surface area contributed by atoms with Crippen molar-refractivity contribution in [3.63, 3.8) is 0 Å². The molecule has 36 heavy (non-hydrogen) atoms. The van der Waals surface area contributed by atoms with Crippen LogP contribution in [0, 0.1) is 17.6 Å². The molecule has 0 radical (unpaired) electrons. The first-order chi connectivity index (χ1) is 17.3. The number of alkyl halides is 3. The van der Waals surface area contributed by atoms with Crippen molar-refractivity contribution in [1.29, 1.82) is 0 Å². The minimum atomic E-state index is -4.43. The highest BCUT2D eigenvalue weighted by atomic mass is 31.0. The number of aromatic nitrogens is 1. The quantitative estimate of drug-likeness (QED) is 0.221. The molecule has 2 nitrogen and oxygen atoms in total. The second-order valence-electron chi connectivity index (χ2n) is 8.57. The summed E-state index contributed by atoms with van der Waals surface area (Å²) in [6.45, 7) is 1.99. The van der Waals surface area contributed by atoms with Crippen LogP contribution < -0.4 is 0 Å². The van der Waals surface area contributed by atoms with Crippen molar-refractivity contribution in [3.8, 4) is 0 Å². The molecule has 0 N–H and O–H groups in total. The summed E-state index contributed by atoms with van der Waals surface area (Å²) in [7, 11) is 2.42. The van der Waals surface area contributed by atoms with Gasteiger partial charge in [0.15, 0.2) is 0 Å². The number of hydrogen-bond acceptors (Lipinski definition) is 2. The van der Waals surface area contributed by atoms with Crippen LogP contribution in [0.25, 0.3) is 6.08 Å². The van der Waals surface area contributed by atoms with Crippen molar-refractivity contribution in [3.05, 3.63) is 106 Å². The highest BCUT2D eigenvalue weighted by molar-refractivity contribution is 7.15. The van der Waals surface area contributed by atoms with E-state index in [4.69, 9.17) is 4.74 Å². The van der Waals surface area contributed by atoms with Crippen molar-refractivity contribution in [2.75, 3.05) is 13.3 Å². The molecule has 8 heteroatoms. The first kappa shape index (κ1) is 27.9. The molecule has 1 fully saturated rings. The minimum absolute atomic E-state index is 0.0246. The summed E-state index contributed by atoms with van der Waals surface area (Å²) in [5.41, 5.74) is 1.80. The van der Waals surface area contributed by atoms with Crippen molar-refractivity contribution in [1.82, 2.24) is 4.98 Å². The highest BCUT2D eigenvalue weighted by Gasteiger charge is 2.32. The zero-order chi connectivity index (χ0) is 26.1. The fourth-order valence-electron chi connectivity index (χ4n) is 4.34. The Morgan fingerprint density at radius 3 is 2.36 bits per heavy atom. The maximum Gasteiger partial charge on any atom is 0.416 e. The van der Waals surface area contributed by atoms with E-state index in [0.717, 1.165) is 48.6 Å². The van der Waals surface area contributed by atoms with E-state index in [1.54, 1.807) is 24.5 Å². The van der Waals surface area contributed by atoms with Gasteiger partial charge in [-0.15, -0.1) is 9.24 Å². The highest BCUT2D eigenvalue weighted by Crippen LogP contribution is 2.44. The van der Waals surface area contributed by atoms with Gasteiger partial charge in [-0.05, 0) is 71.4 Å². The summed E-state index contributed by atoms with van der Waals surface area (Å²) in [5, 5.41) is 0. The van der Waals surface area contributed by atoms with Gasteiger partial charge in [0, 0.05) is 24.4 Å². The molecule has 1 heterocycles. The van der Waals surface area contributed by atoms with Crippen LogP contribution in [-0.4, -0.2) is 18.3 Å². The largest absolute Gasteiger partial charge is 0.416 e. The average molecular weight is 522 g/mol. The van der Waals surface area contributed by atoms with Crippen LogP contribution in [0.15, 0.2) is 72.6 Å². The van der Waals surface area contributed by atoms with E-state index in [2.05, 4.69) is 14.2 Å². The van der Waals surface area contributed by atoms with Gasteiger partial charge in [-0.2, -0.15) is 13.2 Å². The van der Waals surface area contributed by atoms with Crippen LogP contribution in [0.5, 0.6) is 0 Å². The molecule has 2 aromatic carbocycles. The van der Waals surface area contributed by atoms with Gasteiger partial charge in [0.1, 0.15) is 11.6 Å². The lowest BCUT2D eigenvalue weighted by Crippen LogP contribution is -2.24. The molecule has 0 amide bonds. The molecule has 2 atom stereocenters. The van der Waals surface area contributed by atoms with E-state index < -0.39 is 23.4 Å². The van der Waals surface area contributed by atoms with Gasteiger partial charge in [0.2, 0.25) is 0 Å². The van der Waals surface area contributed by atoms with Crippen molar-refractivity contribution < 1.29 is 26.7 Å². The molecule has 0 aliphatic heterocycles. The molecule has 0 spiro atoms. The van der Waals surface area contributed by atoms with Crippen LogP contribution in [0.3, 0.4) is 0 Å². The second-order valence-corrected chi connectivity index (χ2v) is 8.57. The number of rotatable bonds is 8. The van der Waals surface area contributed by atoms with Gasteiger partial charge in [-0.1, -0.05) is 37.4 Å². The lowest BCUT2D eigenvalue weighted by molar-refractivity contribution is -0.137. The lowest BCUT2D eigenvalue weighted by atomic mass is 9.70. The molecule has 3 aromatic rings. The molecule has 1 aromatic heterocycles. The van der Waals surface area contributed by atoms with E-state index in [0.29, 0.717) is 17.0 Å². The van der Waals surface area contributed by atoms with E-state index in [-0.39, 0.29) is 19.1 Å². The fourth-order valence-corrected chi connectivity index (χ4v) is 4.34. The van der Waals surface area contributed by atoms with Crippen molar-refractivity contribution in [2.45, 2.75) is 38.0 Å². The monoisotopic (exact) mass is 521 g/mol. The van der Waals surface area contributed by atoms with Crippen LogP contribution in [0.1, 0.15) is 47.4 Å². The number of hydrogen-bond donors (Lipinski definition) is 0. The Morgan fingerprint density at radius 2 is 1.78 bits per heavy atom. The standard InChI is InChI=1S/C27H24F5NO.CH5P/c28-24-12-19(13-25(29)14-24)10-22(26(20-5-2-6-20)21-7-3-9-33-15-21)17-34-16-18-4-1-8-23(11-18)27(30,31)32;1-2/h1,3-4,7-15,20,26H,2,5-6,16-17H2;2H2,1H3/b22-10+;. The molecule has 0 bridgehead atoms. The third-order valence-electron chi connectivity index (χ3n) is 6.09. The molecule has 1 aliphatic rings. The topological polar surface area (TPSA) is 22.1 Å². The number of benzene rings is 2. The average Bonchev–Trinajstić information content (AvgIpc) is 2.82. The van der Waals surface area contributed by atoms with Gasteiger partial charge in [-0.3, -0.25) is 4.98 Å². The van der Waals surface area contributed by atoms with E-state index >= 15 is 0 Å². The molecule has 192 valence electrons. The molecule has 1 saturated carbocycles. The molecule has 4 rings (SSSR count). The summed E-state index contributed by atoms with van der Waals surface area (Å²) in [4.78, 5) is 4.23. The van der Waals surface area contributed by atoms with Crippen LogP contribution in [-0.2, 0) is 17.5 Å². The normalized spacial score (nSPS) is 15.0. The number of ether oxygens (including phenoxy) is 1. The predicted octanol–water partition coefficient (Wildman–Crippen LogP) is 8.05. The Hall–Kier alpha value is -2.63. The van der Waals surface area contributed by atoms with Gasteiger partial charge >= 0.3 is 6.18 Å². The van der Waals surface area contributed by atoms with Gasteiger partial charge in [-0.25, -0.2) is 8.78 Å². The molecule has 2 unspecified atom stereocenters. The smallest absolute Gasteiger partial charge is 0.372 e. The number of pyridine rings is 1. The van der Waals surface area contributed by atoms with Crippen LogP contribution >= 0.6 is 9.24 Å². The Bertz CT molecular complexity index is 1130. The first-order valence-electron chi connectivity index (χ1n) is 11.7. The van der Waals surface area contributed by atoms with Crippen molar-refractivity contribution >= 4 is 15.3 Å². The van der Waals surface area contributed by atoms with Gasteiger partial charge < -0.3 is 4.74 Å². The van der Waals surface area contributed by atoms with E-state index in [1.165, 1.54) is 18.2 Å². The Labute approximate surface area is 210 Å². The third-order valence-corrected chi connectivity index (χ3v) is 6.09. The molecular weight excluding hydrogens is 492 g/mol. The maximum absolute atomic E-state index is 13.8.